The number of ether oxygens (including phenoxy) is 1. The number of nitrogens with one attached hydrogen (secondary N) is 1. The topological polar surface area (TPSA) is 100.0 Å². The second-order valence-electron chi connectivity index (χ2n) is 8.60. The Morgan fingerprint density at radius 2 is 1.71 bits per heavy atom. The minimum Gasteiger partial charge on any atom is -0.461 e. The lowest BCUT2D eigenvalue weighted by Crippen LogP contribution is -2.15. The normalized spacial score (nSPS) is 11.5. The predicted octanol–water partition coefficient (Wildman–Crippen LogP) is 4.19. The molecular formula is C27H29N5O3. The Morgan fingerprint density at radius 3 is 2.46 bits per heavy atom. The molecule has 5 aromatic rings. The number of unbranched alkanes of at least 4 members (excludes halogenated alkanes) is 1. The third kappa shape index (κ3) is 3.85. The number of nitrogens with zero attached hydrogens (tertiary/aromatic N) is 3. The van der Waals surface area contributed by atoms with Crippen molar-refractivity contribution in [2.45, 2.75) is 26.3 Å². The molecule has 0 atom stereocenters. The molecule has 0 radical (unpaired) electrons. The molecule has 0 bridgehead atoms. The van der Waals surface area contributed by atoms with E-state index in [2.05, 4.69) is 9.55 Å². The largest absolute Gasteiger partial charge is 0.461 e. The van der Waals surface area contributed by atoms with Gasteiger partial charge in [0.05, 0.1) is 23.5 Å². The van der Waals surface area contributed by atoms with Gasteiger partial charge in [0, 0.05) is 47.8 Å². The highest BCUT2D eigenvalue weighted by molar-refractivity contribution is 6.03. The molecule has 35 heavy (non-hydrogen) atoms. The van der Waals surface area contributed by atoms with Crippen molar-refractivity contribution in [2.75, 3.05) is 13.2 Å². The molecule has 0 amide bonds. The van der Waals surface area contributed by atoms with Crippen molar-refractivity contribution in [1.29, 1.82) is 0 Å². The Kier molecular flexibility index (Phi) is 6.05. The van der Waals surface area contributed by atoms with Crippen molar-refractivity contribution in [2.24, 2.45) is 12.8 Å². The van der Waals surface area contributed by atoms with Crippen LogP contribution >= 0.6 is 0 Å². The number of H-pyrrole nitrogens is 1. The Morgan fingerprint density at radius 1 is 1.00 bits per heavy atom. The summed E-state index contributed by atoms with van der Waals surface area (Å²) in [6, 6.07) is 15.9. The van der Waals surface area contributed by atoms with Gasteiger partial charge in [0.1, 0.15) is 0 Å². The van der Waals surface area contributed by atoms with E-state index in [-0.39, 0.29) is 18.0 Å². The number of fused-ring (bicyclic) bond motifs is 2. The fraction of sp³-hybridized carbons (Fsp3) is 0.259. The van der Waals surface area contributed by atoms with Crippen LogP contribution in [-0.4, -0.2) is 37.8 Å². The standard InChI is InChI=1S/C27H29N5O3/c1-3-35-26(33)24-25(20-16-30(2)21-12-6-4-10-18(20)21)32(27(34)29-24)23-17-31(15-9-8-14-28)22-13-7-5-11-19(22)23/h4-7,10-13,16-17H,3,8-9,14-15,28H2,1-2H3,(H,29,34). The molecule has 0 unspecified atom stereocenters. The second-order valence-corrected chi connectivity index (χ2v) is 8.60. The number of hydrogen-bond acceptors (Lipinski definition) is 4. The van der Waals surface area contributed by atoms with Crippen molar-refractivity contribution in [3.63, 3.8) is 0 Å². The van der Waals surface area contributed by atoms with Crippen LogP contribution in [0.1, 0.15) is 30.3 Å². The van der Waals surface area contributed by atoms with Crippen LogP contribution in [0.25, 0.3) is 38.8 Å². The maximum absolute atomic E-state index is 13.5. The van der Waals surface area contributed by atoms with Crippen LogP contribution < -0.4 is 11.4 Å². The van der Waals surface area contributed by atoms with E-state index in [0.717, 1.165) is 46.8 Å². The second kappa shape index (κ2) is 9.31. The summed E-state index contributed by atoms with van der Waals surface area (Å²) in [5.74, 6) is -0.557. The molecule has 0 fully saturated rings. The summed E-state index contributed by atoms with van der Waals surface area (Å²) in [5, 5.41) is 1.87. The molecule has 0 aliphatic rings. The maximum atomic E-state index is 13.5. The zero-order valence-electron chi connectivity index (χ0n) is 20.0. The summed E-state index contributed by atoms with van der Waals surface area (Å²) in [6.45, 7) is 3.38. The predicted molar refractivity (Wildman–Crippen MR) is 138 cm³/mol. The van der Waals surface area contributed by atoms with Crippen LogP contribution in [0.4, 0.5) is 0 Å². The zero-order valence-corrected chi connectivity index (χ0v) is 20.0. The average molecular weight is 472 g/mol. The van der Waals surface area contributed by atoms with Gasteiger partial charge in [0.25, 0.3) is 0 Å². The number of imidazole rings is 1. The number of benzene rings is 2. The lowest BCUT2D eigenvalue weighted by atomic mass is 10.1. The molecule has 5 rings (SSSR count). The van der Waals surface area contributed by atoms with Crippen molar-refractivity contribution in [3.05, 3.63) is 77.1 Å². The van der Waals surface area contributed by atoms with Crippen LogP contribution in [0, 0.1) is 0 Å². The number of aromatic amines is 1. The lowest BCUT2D eigenvalue weighted by Gasteiger charge is -2.08. The first kappa shape index (κ1) is 22.7. The van der Waals surface area contributed by atoms with Gasteiger partial charge < -0.3 is 19.6 Å². The molecule has 0 aliphatic carbocycles. The van der Waals surface area contributed by atoms with E-state index in [1.165, 1.54) is 0 Å². The Bertz CT molecular complexity index is 1580. The van der Waals surface area contributed by atoms with Gasteiger partial charge in [0.15, 0.2) is 5.69 Å². The van der Waals surface area contributed by atoms with Crippen molar-refractivity contribution < 1.29 is 9.53 Å². The van der Waals surface area contributed by atoms with E-state index in [1.807, 2.05) is 72.5 Å². The zero-order chi connectivity index (χ0) is 24.5. The minimum atomic E-state index is -0.557. The SMILES string of the molecule is CCOC(=O)c1[nH]c(=O)n(-c2cn(CCCCN)c3ccccc23)c1-c1cn(C)c2ccccc12. The van der Waals surface area contributed by atoms with Gasteiger partial charge in [-0.05, 0) is 38.4 Å². The van der Waals surface area contributed by atoms with E-state index in [9.17, 15) is 9.59 Å². The summed E-state index contributed by atoms with van der Waals surface area (Å²) in [6.07, 6.45) is 5.79. The van der Waals surface area contributed by atoms with E-state index < -0.39 is 5.97 Å². The molecule has 8 heteroatoms. The number of para-hydroxylation sites is 2. The maximum Gasteiger partial charge on any atom is 0.357 e. The van der Waals surface area contributed by atoms with Crippen LogP contribution in [-0.2, 0) is 18.3 Å². The van der Waals surface area contributed by atoms with E-state index in [1.54, 1.807) is 11.5 Å². The quantitative estimate of drug-likeness (QED) is 0.262. The Hall–Kier alpha value is -4.04. The summed E-state index contributed by atoms with van der Waals surface area (Å²) in [5.41, 5.74) is 9.48. The number of esters is 1. The van der Waals surface area contributed by atoms with Crippen LogP contribution in [0.5, 0.6) is 0 Å². The molecule has 0 saturated heterocycles. The molecule has 0 saturated carbocycles. The summed E-state index contributed by atoms with van der Waals surface area (Å²) < 4.78 is 11.1. The first-order valence-electron chi connectivity index (χ1n) is 11.9. The van der Waals surface area contributed by atoms with Crippen LogP contribution in [0.2, 0.25) is 0 Å². The lowest BCUT2D eigenvalue weighted by molar-refractivity contribution is 0.0521. The highest BCUT2D eigenvalue weighted by atomic mass is 16.5. The van der Waals surface area contributed by atoms with Crippen molar-refractivity contribution >= 4 is 27.8 Å². The third-order valence-electron chi connectivity index (χ3n) is 6.39. The van der Waals surface area contributed by atoms with Gasteiger partial charge in [0.2, 0.25) is 0 Å². The molecular weight excluding hydrogens is 442 g/mol. The van der Waals surface area contributed by atoms with Crippen molar-refractivity contribution in [3.8, 4) is 16.9 Å². The average Bonchev–Trinajstić information content (AvgIpc) is 3.51. The number of hydrogen-bond donors (Lipinski definition) is 2. The number of aryl methyl sites for hydroxylation is 2. The fourth-order valence-corrected chi connectivity index (χ4v) is 4.82. The minimum absolute atomic E-state index is 0.146. The third-order valence-corrected chi connectivity index (χ3v) is 6.39. The van der Waals surface area contributed by atoms with Gasteiger partial charge in [-0.25, -0.2) is 9.59 Å². The highest BCUT2D eigenvalue weighted by Crippen LogP contribution is 2.35. The Labute approximate surface area is 202 Å². The summed E-state index contributed by atoms with van der Waals surface area (Å²) in [7, 11) is 1.95. The van der Waals surface area contributed by atoms with Crippen LogP contribution in [0.3, 0.4) is 0 Å². The monoisotopic (exact) mass is 471 g/mol. The first-order valence-corrected chi connectivity index (χ1v) is 11.9. The molecule has 3 N–H and O–H groups in total. The summed E-state index contributed by atoms with van der Waals surface area (Å²) in [4.78, 5) is 29.3. The molecule has 2 aromatic carbocycles. The molecule has 0 spiro atoms. The van der Waals surface area contributed by atoms with Gasteiger partial charge >= 0.3 is 11.7 Å². The molecule has 0 aliphatic heterocycles. The van der Waals surface area contributed by atoms with Crippen molar-refractivity contribution in [1.82, 2.24) is 18.7 Å². The number of nitrogens with two attached hydrogens (primary N) is 1. The van der Waals surface area contributed by atoms with Gasteiger partial charge in [-0.3, -0.25) is 9.55 Å². The van der Waals surface area contributed by atoms with E-state index in [0.29, 0.717) is 17.9 Å². The fourth-order valence-electron chi connectivity index (χ4n) is 4.82. The van der Waals surface area contributed by atoms with E-state index >= 15 is 0 Å². The van der Waals surface area contributed by atoms with Gasteiger partial charge in [-0.15, -0.1) is 0 Å². The first-order chi connectivity index (χ1) is 17.0. The number of carbonyl (C=O) groups is 1. The highest BCUT2D eigenvalue weighted by Gasteiger charge is 2.27. The molecule has 3 aromatic heterocycles. The molecule has 8 nitrogen and oxygen atoms in total. The van der Waals surface area contributed by atoms with Gasteiger partial charge in [-0.1, -0.05) is 36.4 Å². The van der Waals surface area contributed by atoms with Crippen LogP contribution in [0.15, 0.2) is 65.7 Å². The number of rotatable bonds is 8. The molecule has 180 valence electrons. The van der Waals surface area contributed by atoms with E-state index in [4.69, 9.17) is 10.5 Å². The smallest absolute Gasteiger partial charge is 0.357 e. The number of carbonyl (C=O) groups excluding carboxylic acids is 1. The summed E-state index contributed by atoms with van der Waals surface area (Å²) >= 11 is 0. The number of aromatic nitrogens is 4. The van der Waals surface area contributed by atoms with Gasteiger partial charge in [-0.2, -0.15) is 0 Å². The Balaban J connectivity index is 1.81. The molecule has 3 heterocycles.